The third kappa shape index (κ3) is 4.01. The van der Waals surface area contributed by atoms with Crippen LogP contribution in [-0.2, 0) is 16.0 Å². The van der Waals surface area contributed by atoms with Gasteiger partial charge in [-0.05, 0) is 35.9 Å². The normalized spacial score (nSPS) is 11.7. The third-order valence-electron chi connectivity index (χ3n) is 3.43. The lowest BCUT2D eigenvalue weighted by Gasteiger charge is -2.18. The minimum atomic E-state index is -0.758. The molecule has 0 fully saturated rings. The number of carbonyl (C=O) groups excluding carboxylic acids is 1. The number of halogens is 1. The summed E-state index contributed by atoms with van der Waals surface area (Å²) in [6, 6.07) is 14.8. The number of pyridine rings is 2. The number of aromatic nitrogens is 2. The summed E-state index contributed by atoms with van der Waals surface area (Å²) in [7, 11) is 0. The lowest BCUT2D eigenvalue weighted by atomic mass is 10.1. The van der Waals surface area contributed by atoms with Gasteiger partial charge in [0.2, 0.25) is 0 Å². The molecule has 3 aromatic rings. The molecule has 3 rings (SSSR count). The quantitative estimate of drug-likeness (QED) is 0.675. The van der Waals surface area contributed by atoms with E-state index in [9.17, 15) is 9.18 Å². The number of nitrogens with zero attached hydrogens (tertiary/aromatic N) is 2. The first-order chi connectivity index (χ1) is 11.7. The highest BCUT2D eigenvalue weighted by atomic mass is 19.1. The highest BCUT2D eigenvalue weighted by Crippen LogP contribution is 2.25. The molecule has 0 saturated heterocycles. The average molecular weight is 322 g/mol. The van der Waals surface area contributed by atoms with Gasteiger partial charge in [0.1, 0.15) is 5.82 Å². The first kappa shape index (κ1) is 15.8. The number of benzene rings is 1. The van der Waals surface area contributed by atoms with Crippen LogP contribution < -0.4 is 0 Å². The van der Waals surface area contributed by atoms with Gasteiger partial charge in [-0.1, -0.05) is 24.3 Å². The molecule has 0 aliphatic heterocycles. The molecule has 1 atom stereocenters. The molecule has 1 unspecified atom stereocenters. The second kappa shape index (κ2) is 7.46. The molecule has 5 heteroatoms. The lowest BCUT2D eigenvalue weighted by molar-refractivity contribution is -0.146. The standard InChI is InChI=1S/C19H15FN2O2/c20-16-7-3-6-15(12-16)19(17-8-1-2-10-22-17)24-18(23)11-14-5-4-9-21-13-14/h1-10,12-13,19H,11H2. The zero-order valence-corrected chi connectivity index (χ0v) is 12.8. The van der Waals surface area contributed by atoms with Crippen LogP contribution in [-0.4, -0.2) is 15.9 Å². The predicted molar refractivity (Wildman–Crippen MR) is 86.5 cm³/mol. The van der Waals surface area contributed by atoms with Gasteiger partial charge in [0.15, 0.2) is 6.10 Å². The Kier molecular flexibility index (Phi) is 4.91. The number of hydrogen-bond donors (Lipinski definition) is 0. The second-order valence-electron chi connectivity index (χ2n) is 5.22. The predicted octanol–water partition coefficient (Wildman–Crippen LogP) is 3.49. The smallest absolute Gasteiger partial charge is 0.311 e. The van der Waals surface area contributed by atoms with Crippen LogP contribution in [0.3, 0.4) is 0 Å². The van der Waals surface area contributed by atoms with Gasteiger partial charge < -0.3 is 4.74 Å². The second-order valence-corrected chi connectivity index (χ2v) is 5.22. The Morgan fingerprint density at radius 3 is 2.71 bits per heavy atom. The van der Waals surface area contributed by atoms with Crippen LogP contribution >= 0.6 is 0 Å². The van der Waals surface area contributed by atoms with Crippen LogP contribution in [0.4, 0.5) is 4.39 Å². The van der Waals surface area contributed by atoms with Crippen molar-refractivity contribution in [2.24, 2.45) is 0 Å². The molecule has 24 heavy (non-hydrogen) atoms. The van der Waals surface area contributed by atoms with Crippen molar-refractivity contribution in [1.29, 1.82) is 0 Å². The monoisotopic (exact) mass is 322 g/mol. The maximum atomic E-state index is 13.6. The Morgan fingerprint density at radius 2 is 2.00 bits per heavy atom. The molecule has 0 amide bonds. The molecule has 4 nitrogen and oxygen atoms in total. The van der Waals surface area contributed by atoms with Crippen LogP contribution in [0.5, 0.6) is 0 Å². The van der Waals surface area contributed by atoms with Gasteiger partial charge in [-0.25, -0.2) is 4.39 Å². The molecular weight excluding hydrogens is 307 g/mol. The van der Waals surface area contributed by atoms with Crippen LogP contribution in [0, 0.1) is 5.82 Å². The average Bonchev–Trinajstić information content (AvgIpc) is 2.61. The van der Waals surface area contributed by atoms with Crippen molar-refractivity contribution in [2.45, 2.75) is 12.5 Å². The first-order valence-electron chi connectivity index (χ1n) is 7.47. The fourth-order valence-corrected chi connectivity index (χ4v) is 2.34. The highest BCUT2D eigenvalue weighted by Gasteiger charge is 2.21. The van der Waals surface area contributed by atoms with Gasteiger partial charge in [-0.2, -0.15) is 0 Å². The minimum absolute atomic E-state index is 0.0898. The Labute approximate surface area is 139 Å². The summed E-state index contributed by atoms with van der Waals surface area (Å²) in [6.07, 6.45) is 4.19. The van der Waals surface area contributed by atoms with Gasteiger partial charge in [0.25, 0.3) is 0 Å². The number of hydrogen-bond acceptors (Lipinski definition) is 4. The largest absolute Gasteiger partial charge is 0.451 e. The van der Waals surface area contributed by atoms with Crippen LogP contribution in [0.15, 0.2) is 73.2 Å². The lowest BCUT2D eigenvalue weighted by Crippen LogP contribution is -2.16. The van der Waals surface area contributed by atoms with Gasteiger partial charge in [0, 0.05) is 24.2 Å². The van der Waals surface area contributed by atoms with E-state index in [4.69, 9.17) is 4.74 Å². The van der Waals surface area contributed by atoms with Gasteiger partial charge in [-0.3, -0.25) is 14.8 Å². The Bertz CT molecular complexity index is 810. The van der Waals surface area contributed by atoms with Crippen LogP contribution in [0.1, 0.15) is 22.9 Å². The fourth-order valence-electron chi connectivity index (χ4n) is 2.34. The van der Waals surface area contributed by atoms with Gasteiger partial charge >= 0.3 is 5.97 Å². The van der Waals surface area contributed by atoms with Crippen molar-refractivity contribution in [3.05, 3.63) is 95.8 Å². The molecule has 2 heterocycles. The summed E-state index contributed by atoms with van der Waals surface area (Å²) in [6.45, 7) is 0. The number of esters is 1. The summed E-state index contributed by atoms with van der Waals surface area (Å²) >= 11 is 0. The van der Waals surface area contributed by atoms with E-state index in [1.807, 2.05) is 0 Å². The van der Waals surface area contributed by atoms with E-state index in [0.29, 0.717) is 11.3 Å². The van der Waals surface area contributed by atoms with Crippen molar-refractivity contribution in [3.8, 4) is 0 Å². The summed E-state index contributed by atoms with van der Waals surface area (Å²) in [4.78, 5) is 20.5. The fraction of sp³-hybridized carbons (Fsp3) is 0.105. The summed E-state index contributed by atoms with van der Waals surface area (Å²) in [5.41, 5.74) is 1.83. The van der Waals surface area contributed by atoms with Crippen molar-refractivity contribution >= 4 is 5.97 Å². The highest BCUT2D eigenvalue weighted by molar-refractivity contribution is 5.73. The van der Waals surface area contributed by atoms with Crippen molar-refractivity contribution in [3.63, 3.8) is 0 Å². The summed E-state index contributed by atoms with van der Waals surface area (Å²) < 4.78 is 19.1. The van der Waals surface area contributed by atoms with Crippen molar-refractivity contribution in [1.82, 2.24) is 9.97 Å². The van der Waals surface area contributed by atoms with E-state index < -0.39 is 17.9 Å². The molecule has 0 spiro atoms. The van der Waals surface area contributed by atoms with Crippen molar-refractivity contribution < 1.29 is 13.9 Å². The zero-order valence-electron chi connectivity index (χ0n) is 12.8. The molecule has 0 bridgehead atoms. The topological polar surface area (TPSA) is 52.1 Å². The van der Waals surface area contributed by atoms with E-state index in [-0.39, 0.29) is 6.42 Å². The molecule has 2 aromatic heterocycles. The molecule has 0 N–H and O–H groups in total. The maximum absolute atomic E-state index is 13.6. The van der Waals surface area contributed by atoms with Gasteiger partial charge in [0.05, 0.1) is 12.1 Å². The molecule has 0 aliphatic carbocycles. The van der Waals surface area contributed by atoms with E-state index in [0.717, 1.165) is 5.56 Å². The van der Waals surface area contributed by atoms with E-state index in [2.05, 4.69) is 9.97 Å². The third-order valence-corrected chi connectivity index (χ3v) is 3.43. The summed E-state index contributed by atoms with van der Waals surface area (Å²) in [5.74, 6) is -0.820. The molecule has 120 valence electrons. The molecule has 0 radical (unpaired) electrons. The zero-order chi connectivity index (χ0) is 16.8. The van der Waals surface area contributed by atoms with Crippen molar-refractivity contribution in [2.75, 3.05) is 0 Å². The molecule has 0 aliphatic rings. The molecular formula is C19H15FN2O2. The maximum Gasteiger partial charge on any atom is 0.311 e. The Morgan fingerprint density at radius 1 is 1.08 bits per heavy atom. The van der Waals surface area contributed by atoms with Gasteiger partial charge in [-0.15, -0.1) is 0 Å². The number of ether oxygens (including phenoxy) is 1. The van der Waals surface area contributed by atoms with E-state index >= 15 is 0 Å². The molecule has 0 saturated carbocycles. The SMILES string of the molecule is O=C(Cc1cccnc1)OC(c1cccc(F)c1)c1ccccn1. The van der Waals surface area contributed by atoms with E-state index in [1.165, 1.54) is 12.1 Å². The minimum Gasteiger partial charge on any atom is -0.451 e. The molecule has 1 aromatic carbocycles. The Hall–Kier alpha value is -3.08. The Balaban J connectivity index is 1.84. The first-order valence-corrected chi connectivity index (χ1v) is 7.47. The van der Waals surface area contributed by atoms with E-state index in [1.54, 1.807) is 61.1 Å². The number of carbonyl (C=O) groups is 1. The number of rotatable bonds is 5. The summed E-state index contributed by atoms with van der Waals surface area (Å²) in [5, 5.41) is 0. The van der Waals surface area contributed by atoms with Crippen LogP contribution in [0.25, 0.3) is 0 Å². The van der Waals surface area contributed by atoms with Crippen LogP contribution in [0.2, 0.25) is 0 Å².